The van der Waals surface area contributed by atoms with E-state index in [9.17, 15) is 15.2 Å². The normalized spacial score (nSPS) is 21.4. The molecule has 22 heavy (non-hydrogen) atoms. The van der Waals surface area contributed by atoms with Crippen LogP contribution in [0.3, 0.4) is 0 Å². The minimum atomic E-state index is -0.448. The molecule has 2 rings (SSSR count). The van der Waals surface area contributed by atoms with Crippen LogP contribution in [0.5, 0.6) is 0 Å². The molecule has 0 aliphatic heterocycles. The summed E-state index contributed by atoms with van der Waals surface area (Å²) in [6, 6.07) is 8.16. The Hall–Kier alpha value is -2.39. The summed E-state index contributed by atoms with van der Waals surface area (Å²) in [4.78, 5) is 12.2. The fourth-order valence-corrected chi connectivity index (χ4v) is 2.91. The fourth-order valence-electron chi connectivity index (χ4n) is 2.91. The zero-order valence-electron chi connectivity index (χ0n) is 12.5. The van der Waals surface area contributed by atoms with Crippen LogP contribution in [0.4, 0.5) is 5.69 Å². The molecule has 2 atom stereocenters. The summed E-state index contributed by atoms with van der Waals surface area (Å²) in [6.45, 7) is 0.658. The van der Waals surface area contributed by atoms with Crippen molar-refractivity contribution in [1.29, 1.82) is 5.26 Å². The summed E-state index contributed by atoms with van der Waals surface area (Å²) in [5.41, 5.74) is 1.48. The average molecular weight is 301 g/mol. The number of aliphatic hydroxyl groups is 1. The number of allylic oxidation sites excluding steroid dienone is 1. The van der Waals surface area contributed by atoms with Crippen molar-refractivity contribution in [2.75, 3.05) is 13.6 Å². The number of rotatable bonds is 5. The summed E-state index contributed by atoms with van der Waals surface area (Å²) in [7, 11) is 1.87. The van der Waals surface area contributed by atoms with E-state index in [1.165, 1.54) is 18.2 Å². The molecule has 1 fully saturated rings. The molecule has 116 valence electrons. The van der Waals surface area contributed by atoms with Crippen LogP contribution in [0, 0.1) is 27.4 Å². The lowest BCUT2D eigenvalue weighted by Crippen LogP contribution is -2.28. The van der Waals surface area contributed by atoms with Gasteiger partial charge in [-0.25, -0.2) is 0 Å². The monoisotopic (exact) mass is 301 g/mol. The van der Waals surface area contributed by atoms with E-state index in [0.717, 1.165) is 24.8 Å². The highest BCUT2D eigenvalue weighted by Gasteiger charge is 2.27. The summed E-state index contributed by atoms with van der Waals surface area (Å²) in [6.07, 6.45) is 3.97. The maximum absolute atomic E-state index is 10.7. The Morgan fingerprint density at radius 3 is 2.68 bits per heavy atom. The molecule has 1 saturated carbocycles. The molecule has 0 bridgehead atoms. The molecular formula is C16H19N3O3. The highest BCUT2D eigenvalue weighted by molar-refractivity contribution is 5.67. The first-order chi connectivity index (χ1) is 10.5. The minimum Gasteiger partial charge on any atom is -0.393 e. The third kappa shape index (κ3) is 3.62. The van der Waals surface area contributed by atoms with Crippen molar-refractivity contribution < 1.29 is 10.0 Å². The predicted octanol–water partition coefficient (Wildman–Crippen LogP) is 2.55. The summed E-state index contributed by atoms with van der Waals surface area (Å²) >= 11 is 0. The molecule has 0 aromatic heterocycles. The number of nitro groups is 1. The van der Waals surface area contributed by atoms with Crippen molar-refractivity contribution in [3.8, 4) is 6.07 Å². The summed E-state index contributed by atoms with van der Waals surface area (Å²) < 4.78 is 0. The zero-order chi connectivity index (χ0) is 16.1. The van der Waals surface area contributed by atoms with E-state index >= 15 is 0 Å². The van der Waals surface area contributed by atoms with Crippen LogP contribution in [0.1, 0.15) is 24.8 Å². The second kappa shape index (κ2) is 7.05. The Labute approximate surface area is 129 Å². The van der Waals surface area contributed by atoms with Gasteiger partial charge in [0.2, 0.25) is 0 Å². The van der Waals surface area contributed by atoms with Crippen LogP contribution >= 0.6 is 0 Å². The van der Waals surface area contributed by atoms with Crippen molar-refractivity contribution in [1.82, 2.24) is 4.90 Å². The number of benzene rings is 1. The third-order valence-electron chi connectivity index (χ3n) is 4.11. The van der Waals surface area contributed by atoms with Gasteiger partial charge < -0.3 is 10.0 Å². The van der Waals surface area contributed by atoms with E-state index in [1.807, 2.05) is 18.0 Å². The van der Waals surface area contributed by atoms with E-state index in [4.69, 9.17) is 5.26 Å². The highest BCUT2D eigenvalue weighted by Crippen LogP contribution is 2.29. The van der Waals surface area contributed by atoms with Gasteiger partial charge in [0.15, 0.2) is 0 Å². The Kier molecular flexibility index (Phi) is 5.12. The summed E-state index contributed by atoms with van der Waals surface area (Å²) in [5.74, 6) is 0.199. The van der Waals surface area contributed by atoms with Crippen LogP contribution in [-0.4, -0.2) is 34.6 Å². The lowest BCUT2D eigenvalue weighted by Gasteiger charge is -2.27. The maximum atomic E-state index is 10.7. The van der Waals surface area contributed by atoms with E-state index in [-0.39, 0.29) is 17.7 Å². The lowest BCUT2D eigenvalue weighted by molar-refractivity contribution is -0.384. The van der Waals surface area contributed by atoms with Gasteiger partial charge in [0.05, 0.1) is 22.8 Å². The van der Waals surface area contributed by atoms with Crippen molar-refractivity contribution in [2.45, 2.75) is 25.4 Å². The summed E-state index contributed by atoms with van der Waals surface area (Å²) in [5, 5.41) is 29.6. The molecule has 0 heterocycles. The second-order valence-electron chi connectivity index (χ2n) is 5.60. The largest absolute Gasteiger partial charge is 0.393 e. The van der Waals surface area contributed by atoms with Crippen LogP contribution in [0.2, 0.25) is 0 Å². The van der Waals surface area contributed by atoms with E-state index in [1.54, 1.807) is 12.1 Å². The van der Waals surface area contributed by atoms with Crippen LogP contribution in [0.25, 0.3) is 5.70 Å². The first-order valence-electron chi connectivity index (χ1n) is 7.26. The first-order valence-corrected chi connectivity index (χ1v) is 7.26. The topological polar surface area (TPSA) is 90.4 Å². The Balaban J connectivity index is 2.17. The Bertz CT molecular complexity index is 604. The molecule has 6 heteroatoms. The fraction of sp³-hybridized carbons (Fsp3) is 0.438. The van der Waals surface area contributed by atoms with Gasteiger partial charge in [0.1, 0.15) is 0 Å². The molecule has 1 aromatic rings. The van der Waals surface area contributed by atoms with Crippen molar-refractivity contribution in [2.24, 2.45) is 5.92 Å². The minimum absolute atomic E-state index is 0.0222. The highest BCUT2D eigenvalue weighted by atomic mass is 16.6. The van der Waals surface area contributed by atoms with Crippen molar-refractivity contribution in [3.05, 3.63) is 46.0 Å². The van der Waals surface area contributed by atoms with Crippen LogP contribution in [-0.2, 0) is 0 Å². The van der Waals surface area contributed by atoms with Crippen molar-refractivity contribution >= 4 is 11.4 Å². The van der Waals surface area contributed by atoms with Gasteiger partial charge in [-0.05, 0) is 30.5 Å². The Morgan fingerprint density at radius 1 is 1.50 bits per heavy atom. The number of aliphatic hydroxyl groups excluding tert-OH is 1. The van der Waals surface area contributed by atoms with Gasteiger partial charge >= 0.3 is 0 Å². The molecular weight excluding hydrogens is 282 g/mol. The van der Waals surface area contributed by atoms with E-state index in [2.05, 4.69) is 0 Å². The van der Waals surface area contributed by atoms with E-state index < -0.39 is 4.92 Å². The van der Waals surface area contributed by atoms with Gasteiger partial charge in [-0.2, -0.15) is 5.26 Å². The number of non-ortho nitro benzene ring substituents is 1. The maximum Gasteiger partial charge on any atom is 0.269 e. The average Bonchev–Trinajstić information content (AvgIpc) is 2.90. The van der Waals surface area contributed by atoms with Crippen molar-refractivity contribution in [3.63, 3.8) is 0 Å². The third-order valence-corrected chi connectivity index (χ3v) is 4.11. The first kappa shape index (κ1) is 16.0. The van der Waals surface area contributed by atoms with Gasteiger partial charge in [-0.15, -0.1) is 0 Å². The van der Waals surface area contributed by atoms with Gasteiger partial charge in [0, 0.05) is 37.7 Å². The molecule has 1 aromatic carbocycles. The predicted molar refractivity (Wildman–Crippen MR) is 82.7 cm³/mol. The number of nitro benzene ring substituents is 1. The Morgan fingerprint density at radius 2 is 2.18 bits per heavy atom. The molecule has 0 radical (unpaired) electrons. The zero-order valence-corrected chi connectivity index (χ0v) is 12.5. The second-order valence-corrected chi connectivity index (χ2v) is 5.60. The standard InChI is InChI=1S/C16H19N3O3/c1-18(11-13-3-2-4-16(13)20)15(9-10-17)12-5-7-14(8-6-12)19(21)22/h5-9,13,16,20H,2-4,11H2,1H3/b15-9+. The quantitative estimate of drug-likeness (QED) is 0.513. The van der Waals surface area contributed by atoms with Crippen LogP contribution in [0.15, 0.2) is 30.3 Å². The molecule has 0 spiro atoms. The van der Waals surface area contributed by atoms with E-state index in [0.29, 0.717) is 12.2 Å². The number of nitriles is 1. The molecule has 2 unspecified atom stereocenters. The molecule has 0 amide bonds. The smallest absolute Gasteiger partial charge is 0.269 e. The van der Waals surface area contributed by atoms with Gasteiger partial charge in [0.25, 0.3) is 5.69 Å². The number of hydrogen-bond acceptors (Lipinski definition) is 5. The molecule has 0 saturated heterocycles. The van der Waals surface area contributed by atoms with Gasteiger partial charge in [-0.3, -0.25) is 10.1 Å². The number of nitrogens with zero attached hydrogens (tertiary/aromatic N) is 3. The molecule has 1 aliphatic carbocycles. The van der Waals surface area contributed by atoms with Crippen LogP contribution < -0.4 is 0 Å². The SMILES string of the molecule is CN(CC1CCCC1O)/C(=C/C#N)c1ccc([N+](=O)[O-])cc1. The molecule has 6 nitrogen and oxygen atoms in total. The van der Waals surface area contributed by atoms with Gasteiger partial charge in [-0.1, -0.05) is 6.42 Å². The molecule has 1 aliphatic rings. The lowest BCUT2D eigenvalue weighted by atomic mass is 10.0. The number of hydrogen-bond donors (Lipinski definition) is 1. The molecule has 1 N–H and O–H groups in total.